The van der Waals surface area contributed by atoms with Crippen LogP contribution in [-0.4, -0.2) is 29.9 Å². The quantitative estimate of drug-likeness (QED) is 0.618. The van der Waals surface area contributed by atoms with Crippen LogP contribution in [0.25, 0.3) is 11.0 Å². The van der Waals surface area contributed by atoms with Gasteiger partial charge in [-0.2, -0.15) is 4.72 Å². The second-order valence-corrected chi connectivity index (χ2v) is 10.2. The monoisotopic (exact) mass is 432 g/mol. The Kier molecular flexibility index (Phi) is 5.71. The van der Waals surface area contributed by atoms with E-state index >= 15 is 0 Å². The summed E-state index contributed by atoms with van der Waals surface area (Å²) in [5, 5.41) is 4.54. The molecule has 0 aliphatic heterocycles. The van der Waals surface area contributed by atoms with Gasteiger partial charge in [0, 0.05) is 6.04 Å². The number of thiophene rings is 1. The van der Waals surface area contributed by atoms with Gasteiger partial charge >= 0.3 is 0 Å². The fourth-order valence-corrected chi connectivity index (χ4v) is 6.03. The highest BCUT2D eigenvalue weighted by atomic mass is 32.2. The maximum absolute atomic E-state index is 12.8. The van der Waals surface area contributed by atoms with Crippen LogP contribution < -0.4 is 10.0 Å². The molecule has 0 radical (unpaired) electrons. The van der Waals surface area contributed by atoms with Crippen molar-refractivity contribution in [3.8, 4) is 0 Å². The molecule has 1 saturated carbocycles. The number of carbonyl (C=O) groups is 1. The van der Waals surface area contributed by atoms with E-state index in [1.807, 2.05) is 24.3 Å². The SMILES string of the molecule is CC(NS(=O)(=O)c1cccs1)C(=O)Nc1nc2ccccc2n1C1CCCCC1. The predicted octanol–water partition coefficient (Wildman–Crippen LogP) is 3.91. The van der Waals surface area contributed by atoms with Gasteiger partial charge < -0.3 is 4.57 Å². The van der Waals surface area contributed by atoms with Crippen molar-refractivity contribution in [3.63, 3.8) is 0 Å². The van der Waals surface area contributed by atoms with Crippen LogP contribution in [0, 0.1) is 0 Å². The topological polar surface area (TPSA) is 93.1 Å². The van der Waals surface area contributed by atoms with Crippen molar-refractivity contribution in [3.05, 3.63) is 41.8 Å². The Balaban J connectivity index is 1.57. The van der Waals surface area contributed by atoms with Crippen LogP contribution in [-0.2, 0) is 14.8 Å². The molecule has 3 aromatic rings. The lowest BCUT2D eigenvalue weighted by molar-refractivity contribution is -0.117. The van der Waals surface area contributed by atoms with Crippen LogP contribution in [0.15, 0.2) is 46.0 Å². The van der Waals surface area contributed by atoms with Crippen molar-refractivity contribution in [1.29, 1.82) is 0 Å². The van der Waals surface area contributed by atoms with Crippen LogP contribution in [0.5, 0.6) is 0 Å². The van der Waals surface area contributed by atoms with Crippen LogP contribution in [0.1, 0.15) is 45.1 Å². The fourth-order valence-electron chi connectivity index (χ4n) is 3.82. The smallest absolute Gasteiger partial charge is 0.250 e. The lowest BCUT2D eigenvalue weighted by Crippen LogP contribution is -2.41. The zero-order valence-corrected chi connectivity index (χ0v) is 17.8. The summed E-state index contributed by atoms with van der Waals surface area (Å²) in [5.41, 5.74) is 1.81. The standard InChI is InChI=1S/C20H24N4O3S2/c1-14(23-29(26,27)18-12-7-13-28-18)19(25)22-20-21-16-10-5-6-11-17(16)24(20)15-8-3-2-4-9-15/h5-7,10-15,23H,2-4,8-9H2,1H3,(H,21,22,25). The van der Waals surface area contributed by atoms with Gasteiger partial charge in [-0.25, -0.2) is 13.4 Å². The minimum Gasteiger partial charge on any atom is -0.307 e. The third-order valence-corrected chi connectivity index (χ3v) is 8.19. The first kappa shape index (κ1) is 20.1. The predicted molar refractivity (Wildman–Crippen MR) is 115 cm³/mol. The summed E-state index contributed by atoms with van der Waals surface area (Å²) in [6.07, 6.45) is 5.63. The molecule has 2 N–H and O–H groups in total. The number of anilines is 1. The highest BCUT2D eigenvalue weighted by Crippen LogP contribution is 2.34. The molecule has 4 rings (SSSR count). The van der Waals surface area contributed by atoms with Gasteiger partial charge in [-0.05, 0) is 43.3 Å². The van der Waals surface area contributed by atoms with E-state index in [0.29, 0.717) is 5.95 Å². The van der Waals surface area contributed by atoms with E-state index < -0.39 is 22.0 Å². The molecule has 0 saturated heterocycles. The minimum absolute atomic E-state index is 0.187. The van der Waals surface area contributed by atoms with Crippen LogP contribution >= 0.6 is 11.3 Å². The van der Waals surface area contributed by atoms with Crippen molar-refractivity contribution in [1.82, 2.24) is 14.3 Å². The third-order valence-electron chi connectivity index (χ3n) is 5.26. The Morgan fingerprint density at radius 1 is 1.17 bits per heavy atom. The van der Waals surface area contributed by atoms with Crippen molar-refractivity contribution < 1.29 is 13.2 Å². The number of carbonyl (C=O) groups excluding carboxylic acids is 1. The van der Waals surface area contributed by atoms with Crippen molar-refractivity contribution in [2.75, 3.05) is 5.32 Å². The van der Waals surface area contributed by atoms with E-state index in [2.05, 4.69) is 19.6 Å². The molecule has 154 valence electrons. The largest absolute Gasteiger partial charge is 0.307 e. The first-order chi connectivity index (χ1) is 14.0. The zero-order chi connectivity index (χ0) is 20.4. The van der Waals surface area contributed by atoms with Gasteiger partial charge in [0.15, 0.2) is 0 Å². The Hall–Kier alpha value is -2.23. The number of benzene rings is 1. The van der Waals surface area contributed by atoms with Gasteiger partial charge in [-0.1, -0.05) is 37.5 Å². The molecule has 2 aromatic heterocycles. The molecule has 1 unspecified atom stereocenters. The number of hydrogen-bond acceptors (Lipinski definition) is 5. The highest BCUT2D eigenvalue weighted by Gasteiger charge is 2.26. The number of amides is 1. The summed E-state index contributed by atoms with van der Waals surface area (Å²) in [4.78, 5) is 17.4. The molecule has 1 aliphatic rings. The minimum atomic E-state index is -3.73. The number of para-hydroxylation sites is 2. The first-order valence-corrected chi connectivity index (χ1v) is 12.2. The summed E-state index contributed by atoms with van der Waals surface area (Å²) >= 11 is 1.11. The molecule has 29 heavy (non-hydrogen) atoms. The van der Waals surface area contributed by atoms with E-state index in [9.17, 15) is 13.2 Å². The number of rotatable bonds is 6. The molecule has 2 heterocycles. The molecule has 0 spiro atoms. The fraction of sp³-hybridized carbons (Fsp3) is 0.400. The molecular formula is C20H24N4O3S2. The van der Waals surface area contributed by atoms with E-state index in [1.165, 1.54) is 19.4 Å². The van der Waals surface area contributed by atoms with Gasteiger partial charge in [0.1, 0.15) is 4.21 Å². The summed E-state index contributed by atoms with van der Waals surface area (Å²) in [7, 11) is -3.73. The maximum Gasteiger partial charge on any atom is 0.250 e. The van der Waals surface area contributed by atoms with Crippen molar-refractivity contribution >= 4 is 44.2 Å². The van der Waals surface area contributed by atoms with Gasteiger partial charge in [-0.3, -0.25) is 10.1 Å². The number of nitrogens with one attached hydrogen (secondary N) is 2. The van der Waals surface area contributed by atoms with Gasteiger partial charge in [-0.15, -0.1) is 11.3 Å². The average Bonchev–Trinajstić information content (AvgIpc) is 3.36. The second-order valence-electron chi connectivity index (χ2n) is 7.35. The second kappa shape index (κ2) is 8.25. The van der Waals surface area contributed by atoms with Gasteiger partial charge in [0.2, 0.25) is 11.9 Å². The number of aromatic nitrogens is 2. The molecule has 1 aromatic carbocycles. The van der Waals surface area contributed by atoms with Crippen LogP contribution in [0.3, 0.4) is 0 Å². The van der Waals surface area contributed by atoms with Gasteiger partial charge in [0.05, 0.1) is 17.1 Å². The summed E-state index contributed by atoms with van der Waals surface area (Å²) in [5.74, 6) is 0.0442. The van der Waals surface area contributed by atoms with E-state index in [1.54, 1.807) is 11.4 Å². The van der Waals surface area contributed by atoms with Gasteiger partial charge in [0.25, 0.3) is 10.0 Å². The number of fused-ring (bicyclic) bond motifs is 1. The maximum atomic E-state index is 12.8. The highest BCUT2D eigenvalue weighted by molar-refractivity contribution is 7.91. The Morgan fingerprint density at radius 2 is 1.93 bits per heavy atom. The Labute approximate surface area is 174 Å². The van der Waals surface area contributed by atoms with Crippen LogP contribution in [0.2, 0.25) is 0 Å². The lowest BCUT2D eigenvalue weighted by atomic mass is 9.95. The van der Waals surface area contributed by atoms with Crippen LogP contribution in [0.4, 0.5) is 5.95 Å². The molecule has 1 aliphatic carbocycles. The summed E-state index contributed by atoms with van der Waals surface area (Å²) in [6.45, 7) is 1.54. The average molecular weight is 433 g/mol. The number of nitrogens with zero attached hydrogens (tertiary/aromatic N) is 2. The lowest BCUT2D eigenvalue weighted by Gasteiger charge is -2.25. The summed E-state index contributed by atoms with van der Waals surface area (Å²) < 4.78 is 29.6. The van der Waals surface area contributed by atoms with E-state index in [4.69, 9.17) is 0 Å². The molecule has 1 atom stereocenters. The number of hydrogen-bond donors (Lipinski definition) is 2. The molecule has 0 bridgehead atoms. The Bertz CT molecular complexity index is 1100. The molecule has 1 fully saturated rings. The van der Waals surface area contributed by atoms with Crippen molar-refractivity contribution in [2.24, 2.45) is 0 Å². The molecule has 1 amide bonds. The molecule has 9 heteroatoms. The third kappa shape index (κ3) is 4.22. The zero-order valence-electron chi connectivity index (χ0n) is 16.2. The number of imidazole rings is 1. The summed E-state index contributed by atoms with van der Waals surface area (Å²) in [6, 6.07) is 10.3. The van der Waals surface area contributed by atoms with E-state index in [-0.39, 0.29) is 10.3 Å². The molecule has 7 nitrogen and oxygen atoms in total. The van der Waals surface area contributed by atoms with Crippen molar-refractivity contribution in [2.45, 2.75) is 55.3 Å². The Morgan fingerprint density at radius 3 is 2.66 bits per heavy atom. The number of sulfonamides is 1. The first-order valence-electron chi connectivity index (χ1n) is 9.79. The normalized spacial score (nSPS) is 16.7. The van der Waals surface area contributed by atoms with E-state index in [0.717, 1.165) is 48.1 Å². The molecular weight excluding hydrogens is 408 g/mol.